The van der Waals surface area contributed by atoms with Crippen LogP contribution in [0.5, 0.6) is 0 Å². The van der Waals surface area contributed by atoms with Crippen LogP contribution in [0.4, 0.5) is 5.69 Å². The number of benzene rings is 1. The van der Waals surface area contributed by atoms with Crippen LogP contribution in [-0.2, 0) is 23.9 Å². The molecule has 0 N–H and O–H groups in total. The number of imide groups is 1. The number of rotatable bonds is 2. The normalized spacial score (nSPS) is 36.6. The number of ether oxygens (including phenoxy) is 1. The molecule has 31 heavy (non-hydrogen) atoms. The molecular formula is C24H26N2O5. The minimum Gasteiger partial charge on any atom is -0.469 e. The maximum absolute atomic E-state index is 13.6. The van der Waals surface area contributed by atoms with Crippen molar-refractivity contribution in [3.05, 3.63) is 41.5 Å². The van der Waals surface area contributed by atoms with Gasteiger partial charge >= 0.3 is 5.97 Å². The summed E-state index contributed by atoms with van der Waals surface area (Å²) in [5.41, 5.74) is 1.61. The van der Waals surface area contributed by atoms with Crippen LogP contribution >= 0.6 is 0 Å². The molecule has 1 aromatic carbocycles. The number of carbonyl (C=O) groups is 4. The van der Waals surface area contributed by atoms with Crippen LogP contribution < -0.4 is 4.90 Å². The number of carbonyl (C=O) groups excluding carboxylic acids is 4. The molecule has 3 amide bonds. The number of nitrogens with zero attached hydrogens (tertiary/aromatic N) is 2. The predicted molar refractivity (Wildman–Crippen MR) is 112 cm³/mol. The molecule has 2 aliphatic carbocycles. The van der Waals surface area contributed by atoms with Gasteiger partial charge in [0.2, 0.25) is 17.7 Å². The average molecular weight is 422 g/mol. The lowest BCUT2D eigenvalue weighted by atomic mass is 9.44. The van der Waals surface area contributed by atoms with Crippen LogP contribution in [-0.4, -0.2) is 48.8 Å². The Morgan fingerprint density at radius 3 is 2.29 bits per heavy atom. The van der Waals surface area contributed by atoms with Gasteiger partial charge in [-0.3, -0.25) is 19.2 Å². The van der Waals surface area contributed by atoms with E-state index in [9.17, 15) is 19.2 Å². The Hall–Kier alpha value is -2.96. The lowest BCUT2D eigenvalue weighted by Crippen LogP contribution is -2.74. The number of fused-ring (bicyclic) bond motifs is 1. The molecular weight excluding hydrogens is 396 g/mol. The number of esters is 1. The highest BCUT2D eigenvalue weighted by molar-refractivity contribution is 6.24. The van der Waals surface area contributed by atoms with E-state index in [4.69, 9.17) is 4.74 Å². The number of para-hydroxylation sites is 1. The molecule has 3 saturated heterocycles. The molecule has 3 aliphatic heterocycles. The molecule has 6 rings (SSSR count). The summed E-state index contributed by atoms with van der Waals surface area (Å²) in [7, 11) is 3.03. The van der Waals surface area contributed by atoms with Gasteiger partial charge in [-0.25, -0.2) is 4.90 Å². The van der Waals surface area contributed by atoms with Crippen molar-refractivity contribution in [2.75, 3.05) is 19.1 Å². The lowest BCUT2D eigenvalue weighted by Gasteiger charge is -2.62. The molecule has 5 aliphatic rings. The number of methoxy groups -OCH3 is 1. The van der Waals surface area contributed by atoms with Crippen molar-refractivity contribution in [3.63, 3.8) is 0 Å². The molecule has 7 heteroatoms. The average Bonchev–Trinajstić information content (AvgIpc) is 3.02. The van der Waals surface area contributed by atoms with Crippen molar-refractivity contribution in [1.29, 1.82) is 0 Å². The molecule has 1 aromatic rings. The second-order valence-corrected chi connectivity index (χ2v) is 9.40. The Balaban J connectivity index is 1.71. The molecule has 6 unspecified atom stereocenters. The van der Waals surface area contributed by atoms with Crippen molar-refractivity contribution in [2.24, 2.45) is 29.1 Å². The van der Waals surface area contributed by atoms with Crippen LogP contribution in [0, 0.1) is 29.1 Å². The summed E-state index contributed by atoms with van der Waals surface area (Å²) >= 11 is 0. The van der Waals surface area contributed by atoms with Crippen molar-refractivity contribution < 1.29 is 23.9 Å². The smallest absolute Gasteiger partial charge is 0.313 e. The number of piperidine rings is 2. The van der Waals surface area contributed by atoms with Gasteiger partial charge in [0.25, 0.3) is 0 Å². The zero-order valence-corrected chi connectivity index (χ0v) is 18.1. The van der Waals surface area contributed by atoms with Gasteiger partial charge < -0.3 is 9.64 Å². The van der Waals surface area contributed by atoms with Crippen molar-refractivity contribution in [2.45, 2.75) is 32.7 Å². The Morgan fingerprint density at radius 2 is 1.65 bits per heavy atom. The first-order valence-electron chi connectivity index (χ1n) is 10.7. The largest absolute Gasteiger partial charge is 0.469 e. The monoisotopic (exact) mass is 422 g/mol. The van der Waals surface area contributed by atoms with E-state index in [1.807, 2.05) is 19.9 Å². The molecule has 2 bridgehead atoms. The Morgan fingerprint density at radius 1 is 1.00 bits per heavy atom. The van der Waals surface area contributed by atoms with Gasteiger partial charge in [-0.15, -0.1) is 0 Å². The van der Waals surface area contributed by atoms with Crippen LogP contribution in [0.2, 0.25) is 0 Å². The van der Waals surface area contributed by atoms with E-state index in [1.165, 1.54) is 17.6 Å². The van der Waals surface area contributed by atoms with Crippen molar-refractivity contribution >= 4 is 29.4 Å². The topological polar surface area (TPSA) is 84.0 Å². The number of hydrogen-bond acceptors (Lipinski definition) is 5. The number of hydrogen-bond donors (Lipinski definition) is 0. The number of amides is 3. The van der Waals surface area contributed by atoms with E-state index in [-0.39, 0.29) is 23.6 Å². The van der Waals surface area contributed by atoms with E-state index in [0.717, 1.165) is 5.57 Å². The fourth-order valence-corrected chi connectivity index (χ4v) is 6.79. The molecule has 3 heterocycles. The number of anilines is 1. The second kappa shape index (κ2) is 6.52. The summed E-state index contributed by atoms with van der Waals surface area (Å²) in [4.78, 5) is 56.9. The minimum atomic E-state index is -1.11. The van der Waals surface area contributed by atoms with Gasteiger partial charge in [0, 0.05) is 19.0 Å². The zero-order chi connectivity index (χ0) is 22.2. The van der Waals surface area contributed by atoms with E-state index in [0.29, 0.717) is 18.5 Å². The van der Waals surface area contributed by atoms with Crippen LogP contribution in [0.25, 0.3) is 0 Å². The summed E-state index contributed by atoms with van der Waals surface area (Å²) in [5, 5.41) is 0. The SMILES string of the molecule is COC(=O)C12CC(C)=C(C)CC1C1C3C(=O)N(c4ccccc4)C(=O)C3C2C(=O)N1C. The van der Waals surface area contributed by atoms with Crippen LogP contribution in [0.3, 0.4) is 0 Å². The summed E-state index contributed by atoms with van der Waals surface area (Å²) in [5.74, 6) is -4.00. The van der Waals surface area contributed by atoms with E-state index < -0.39 is 35.2 Å². The van der Waals surface area contributed by atoms with Crippen molar-refractivity contribution in [3.8, 4) is 0 Å². The molecule has 7 nitrogen and oxygen atoms in total. The highest BCUT2D eigenvalue weighted by Gasteiger charge is 2.76. The molecule has 1 saturated carbocycles. The highest BCUT2D eigenvalue weighted by Crippen LogP contribution is 2.65. The first-order chi connectivity index (χ1) is 14.8. The predicted octanol–water partition coefficient (Wildman–Crippen LogP) is 2.17. The molecule has 0 aromatic heterocycles. The van der Waals surface area contributed by atoms with Gasteiger partial charge in [-0.05, 0) is 38.8 Å². The van der Waals surface area contributed by atoms with E-state index in [2.05, 4.69) is 0 Å². The molecule has 6 atom stereocenters. The lowest BCUT2D eigenvalue weighted by molar-refractivity contribution is -0.204. The summed E-state index contributed by atoms with van der Waals surface area (Å²) < 4.78 is 5.25. The van der Waals surface area contributed by atoms with E-state index >= 15 is 0 Å². The third-order valence-electron chi connectivity index (χ3n) is 8.21. The first kappa shape index (κ1) is 20.0. The Labute approximate surface area is 181 Å². The maximum Gasteiger partial charge on any atom is 0.313 e. The van der Waals surface area contributed by atoms with Gasteiger partial charge in [-0.1, -0.05) is 29.3 Å². The maximum atomic E-state index is 13.6. The van der Waals surface area contributed by atoms with Gasteiger partial charge in [-0.2, -0.15) is 0 Å². The van der Waals surface area contributed by atoms with E-state index in [1.54, 1.807) is 36.2 Å². The standard InChI is InChI=1S/C24H26N2O5/c1-12-10-15-19-17-16(20(27)26(21(17)28)14-8-6-5-7-9-14)18(22(29)25(19)3)24(15,11-13(12)2)23(30)31-4/h5-9,15-19H,10-11H2,1-4H3. The molecule has 0 radical (unpaired) electrons. The Kier molecular flexibility index (Phi) is 4.20. The van der Waals surface area contributed by atoms with Crippen LogP contribution in [0.15, 0.2) is 41.5 Å². The van der Waals surface area contributed by atoms with Crippen LogP contribution in [0.1, 0.15) is 26.7 Å². The first-order valence-corrected chi connectivity index (χ1v) is 10.7. The van der Waals surface area contributed by atoms with Gasteiger partial charge in [0.15, 0.2) is 0 Å². The second-order valence-electron chi connectivity index (χ2n) is 9.40. The summed E-state index contributed by atoms with van der Waals surface area (Å²) in [6, 6.07) is 8.29. The fourth-order valence-electron chi connectivity index (χ4n) is 6.79. The highest BCUT2D eigenvalue weighted by atomic mass is 16.5. The third kappa shape index (κ3) is 2.29. The minimum absolute atomic E-state index is 0.240. The summed E-state index contributed by atoms with van der Waals surface area (Å²) in [6.45, 7) is 4.01. The van der Waals surface area contributed by atoms with Crippen molar-refractivity contribution in [1.82, 2.24) is 4.90 Å². The molecule has 0 spiro atoms. The molecule has 4 fully saturated rings. The summed E-state index contributed by atoms with van der Waals surface area (Å²) in [6.07, 6.45) is 0.989. The number of allylic oxidation sites excluding steroid dienone is 2. The third-order valence-corrected chi connectivity index (χ3v) is 8.21. The quantitative estimate of drug-likeness (QED) is 0.414. The Bertz CT molecular complexity index is 1050. The van der Waals surface area contributed by atoms with Gasteiger partial charge in [0.1, 0.15) is 0 Å². The zero-order valence-electron chi connectivity index (χ0n) is 18.1. The molecule has 162 valence electrons. The fraction of sp³-hybridized carbons (Fsp3) is 0.500. The van der Waals surface area contributed by atoms with Gasteiger partial charge in [0.05, 0.1) is 36.0 Å².